The average molecular weight is 515 g/mol. The summed E-state index contributed by atoms with van der Waals surface area (Å²) in [4.78, 5) is 8.01. The van der Waals surface area contributed by atoms with Gasteiger partial charge in [-0.25, -0.2) is 4.98 Å². The molecule has 4 rings (SSSR count). The average Bonchev–Trinajstić information content (AvgIpc) is 3.22. The fraction of sp³-hybridized carbons (Fsp3) is 0.240. The van der Waals surface area contributed by atoms with Crippen molar-refractivity contribution in [2.24, 2.45) is 0 Å². The van der Waals surface area contributed by atoms with E-state index in [1.54, 1.807) is 7.11 Å². The van der Waals surface area contributed by atoms with Gasteiger partial charge in [-0.15, -0.1) is 0 Å². The van der Waals surface area contributed by atoms with Crippen LogP contribution in [0.1, 0.15) is 23.4 Å². The first kappa shape index (κ1) is 22.6. The third-order valence-corrected chi connectivity index (χ3v) is 5.96. The minimum absolute atomic E-state index is 0.436. The number of imidazole rings is 1. The second kappa shape index (κ2) is 10.9. The number of nitrogens with one attached hydrogen (secondary N) is 2. The molecule has 166 valence electrons. The summed E-state index contributed by atoms with van der Waals surface area (Å²) in [5.74, 6) is 2.42. The highest BCUT2D eigenvalue weighted by atomic mass is 79.9. The standard InChI is InChI=1S/C25H25BrClN3O2/c1-31-23-14-18(13-20(26)25(23)32-16-17-8-10-19(27)11-9-17)15-28-12-4-7-24-29-21-5-2-3-6-22(21)30-24/h2-3,5-6,8-11,13-14,28H,4,7,12,15-16H2,1H3,(H,29,30). The highest BCUT2D eigenvalue weighted by Crippen LogP contribution is 2.37. The number of methoxy groups -OCH3 is 1. The predicted molar refractivity (Wildman–Crippen MR) is 133 cm³/mol. The van der Waals surface area contributed by atoms with Crippen LogP contribution < -0.4 is 14.8 Å². The number of halogens is 2. The van der Waals surface area contributed by atoms with E-state index >= 15 is 0 Å². The quantitative estimate of drug-likeness (QED) is 0.244. The van der Waals surface area contributed by atoms with Gasteiger partial charge in [-0.2, -0.15) is 0 Å². The number of rotatable bonds is 10. The number of hydrogen-bond acceptors (Lipinski definition) is 4. The van der Waals surface area contributed by atoms with Crippen LogP contribution in [0.4, 0.5) is 0 Å². The van der Waals surface area contributed by atoms with Crippen LogP contribution in [0.5, 0.6) is 11.5 Å². The smallest absolute Gasteiger partial charge is 0.175 e. The van der Waals surface area contributed by atoms with E-state index in [1.807, 2.05) is 48.5 Å². The van der Waals surface area contributed by atoms with Crippen molar-refractivity contribution in [3.8, 4) is 11.5 Å². The lowest BCUT2D eigenvalue weighted by Gasteiger charge is -2.15. The summed E-state index contributed by atoms with van der Waals surface area (Å²) < 4.78 is 12.4. The molecule has 32 heavy (non-hydrogen) atoms. The number of benzene rings is 3. The minimum Gasteiger partial charge on any atom is -0.493 e. The summed E-state index contributed by atoms with van der Waals surface area (Å²) in [7, 11) is 1.65. The zero-order chi connectivity index (χ0) is 22.3. The Morgan fingerprint density at radius 1 is 1.06 bits per heavy atom. The van der Waals surface area contributed by atoms with Crippen LogP contribution in [0.3, 0.4) is 0 Å². The molecule has 0 atom stereocenters. The summed E-state index contributed by atoms with van der Waals surface area (Å²) >= 11 is 9.58. The van der Waals surface area contributed by atoms with Crippen LogP contribution >= 0.6 is 27.5 Å². The minimum atomic E-state index is 0.436. The van der Waals surface area contributed by atoms with Gasteiger partial charge in [0.1, 0.15) is 12.4 Å². The molecule has 0 saturated heterocycles. The molecule has 0 aliphatic carbocycles. The predicted octanol–water partition coefficient (Wildman–Crippen LogP) is 6.29. The third kappa shape index (κ3) is 5.82. The number of aromatic nitrogens is 2. The molecule has 0 aliphatic rings. The van der Waals surface area contributed by atoms with Crippen LogP contribution in [-0.2, 0) is 19.6 Å². The van der Waals surface area contributed by atoms with Gasteiger partial charge in [0.2, 0.25) is 0 Å². The van der Waals surface area contributed by atoms with Gasteiger partial charge in [-0.1, -0.05) is 35.9 Å². The molecule has 0 aliphatic heterocycles. The largest absolute Gasteiger partial charge is 0.493 e. The van der Waals surface area contributed by atoms with Crippen molar-refractivity contribution >= 4 is 38.6 Å². The first-order chi connectivity index (χ1) is 15.6. The van der Waals surface area contributed by atoms with Crippen molar-refractivity contribution in [2.45, 2.75) is 26.0 Å². The van der Waals surface area contributed by atoms with Crippen molar-refractivity contribution in [3.63, 3.8) is 0 Å². The van der Waals surface area contributed by atoms with E-state index in [0.29, 0.717) is 23.1 Å². The number of H-pyrrole nitrogens is 1. The Morgan fingerprint density at radius 2 is 1.88 bits per heavy atom. The van der Waals surface area contributed by atoms with Crippen LogP contribution in [0.25, 0.3) is 11.0 Å². The van der Waals surface area contributed by atoms with Crippen LogP contribution in [0.15, 0.2) is 65.1 Å². The first-order valence-electron chi connectivity index (χ1n) is 10.5. The lowest BCUT2D eigenvalue weighted by atomic mass is 10.2. The molecule has 0 radical (unpaired) electrons. The zero-order valence-electron chi connectivity index (χ0n) is 17.8. The Balaban J connectivity index is 1.28. The maximum Gasteiger partial charge on any atom is 0.175 e. The lowest BCUT2D eigenvalue weighted by Crippen LogP contribution is -2.15. The van der Waals surface area contributed by atoms with Crippen molar-refractivity contribution in [1.82, 2.24) is 15.3 Å². The van der Waals surface area contributed by atoms with Crippen molar-refractivity contribution in [3.05, 3.63) is 87.1 Å². The molecule has 0 fully saturated rings. The van der Waals surface area contributed by atoms with Crippen LogP contribution in [0, 0.1) is 0 Å². The van der Waals surface area contributed by atoms with E-state index < -0.39 is 0 Å². The van der Waals surface area contributed by atoms with Crippen molar-refractivity contribution in [2.75, 3.05) is 13.7 Å². The Labute approximate surface area is 201 Å². The molecule has 2 N–H and O–H groups in total. The monoisotopic (exact) mass is 513 g/mol. The summed E-state index contributed by atoms with van der Waals surface area (Å²) in [5.41, 5.74) is 4.27. The number of hydrogen-bond donors (Lipinski definition) is 2. The fourth-order valence-electron chi connectivity index (χ4n) is 3.49. The highest BCUT2D eigenvalue weighted by Gasteiger charge is 2.12. The number of aromatic amines is 1. The topological polar surface area (TPSA) is 59.2 Å². The highest BCUT2D eigenvalue weighted by molar-refractivity contribution is 9.10. The van der Waals surface area contributed by atoms with E-state index in [2.05, 4.69) is 43.3 Å². The Morgan fingerprint density at radius 3 is 2.66 bits per heavy atom. The zero-order valence-corrected chi connectivity index (χ0v) is 20.2. The molecule has 0 amide bonds. The van der Waals surface area contributed by atoms with Gasteiger partial charge in [-0.05, 0) is 76.4 Å². The molecule has 0 spiro atoms. The molecule has 4 aromatic rings. The Kier molecular flexibility index (Phi) is 7.68. The van der Waals surface area contributed by atoms with E-state index in [1.165, 1.54) is 0 Å². The number of fused-ring (bicyclic) bond motifs is 1. The van der Waals surface area contributed by atoms with Crippen molar-refractivity contribution in [1.29, 1.82) is 0 Å². The van der Waals surface area contributed by atoms with Gasteiger partial charge in [0.25, 0.3) is 0 Å². The summed E-state index contributed by atoms with van der Waals surface area (Å²) in [6.07, 6.45) is 1.91. The van der Waals surface area contributed by atoms with E-state index in [9.17, 15) is 0 Å². The molecule has 5 nitrogen and oxygen atoms in total. The van der Waals surface area contributed by atoms with E-state index in [-0.39, 0.29) is 0 Å². The second-order valence-electron chi connectivity index (χ2n) is 7.51. The maximum atomic E-state index is 6.01. The van der Waals surface area contributed by atoms with Gasteiger partial charge in [0, 0.05) is 18.0 Å². The van der Waals surface area contributed by atoms with Gasteiger partial charge >= 0.3 is 0 Å². The maximum absolute atomic E-state index is 6.01. The molecule has 0 unspecified atom stereocenters. The van der Waals surface area contributed by atoms with Crippen LogP contribution in [-0.4, -0.2) is 23.6 Å². The number of para-hydroxylation sites is 2. The molecule has 3 aromatic carbocycles. The number of aryl methyl sites for hydroxylation is 1. The lowest BCUT2D eigenvalue weighted by molar-refractivity contribution is 0.282. The third-order valence-electron chi connectivity index (χ3n) is 5.12. The molecule has 1 aromatic heterocycles. The summed E-state index contributed by atoms with van der Waals surface area (Å²) in [5, 5.41) is 4.21. The normalized spacial score (nSPS) is 11.1. The molecule has 7 heteroatoms. The first-order valence-corrected chi connectivity index (χ1v) is 11.7. The molecule has 0 saturated carbocycles. The molecular formula is C25H25BrClN3O2. The van der Waals surface area contributed by atoms with Gasteiger partial charge in [0.05, 0.1) is 22.6 Å². The van der Waals surface area contributed by atoms with Gasteiger partial charge in [0.15, 0.2) is 11.5 Å². The second-order valence-corrected chi connectivity index (χ2v) is 8.80. The molecule has 1 heterocycles. The van der Waals surface area contributed by atoms with Crippen molar-refractivity contribution < 1.29 is 9.47 Å². The molecular weight excluding hydrogens is 490 g/mol. The summed E-state index contributed by atoms with van der Waals surface area (Å²) in [6, 6.07) is 19.8. The number of nitrogens with zero attached hydrogens (tertiary/aromatic N) is 1. The number of ether oxygens (including phenoxy) is 2. The Bertz CT molecular complexity index is 1140. The van der Waals surface area contributed by atoms with E-state index in [4.69, 9.17) is 21.1 Å². The van der Waals surface area contributed by atoms with E-state index in [0.717, 1.165) is 58.4 Å². The fourth-order valence-corrected chi connectivity index (χ4v) is 4.22. The van der Waals surface area contributed by atoms with Gasteiger partial charge in [-0.3, -0.25) is 0 Å². The SMILES string of the molecule is COc1cc(CNCCCc2nc3ccccc3[nH]2)cc(Br)c1OCc1ccc(Cl)cc1. The van der Waals surface area contributed by atoms with Gasteiger partial charge < -0.3 is 19.8 Å². The Hall–Kier alpha value is -2.54. The molecule has 0 bridgehead atoms. The summed E-state index contributed by atoms with van der Waals surface area (Å²) in [6.45, 7) is 2.07. The van der Waals surface area contributed by atoms with Crippen LogP contribution in [0.2, 0.25) is 5.02 Å².